The fourth-order valence-electron chi connectivity index (χ4n) is 4.16. The third kappa shape index (κ3) is 7.01. The Morgan fingerprint density at radius 1 is 0.971 bits per heavy atom. The monoisotopic (exact) mass is 556 g/mol. The highest BCUT2D eigenvalue weighted by Gasteiger charge is 2.52. The summed E-state index contributed by atoms with van der Waals surface area (Å²) in [7, 11) is 0. The number of imide groups is 2. The normalized spacial score (nSPS) is 16.5. The molecule has 1 saturated heterocycles. The highest BCUT2D eigenvalue weighted by Crippen LogP contribution is 2.38. The summed E-state index contributed by atoms with van der Waals surface area (Å²) in [5.74, 6) is -1.35. The topological polar surface area (TPSA) is 75.3 Å². The molecule has 2 aromatic carbocycles. The molecule has 0 spiro atoms. The number of alkyl halides is 2. The summed E-state index contributed by atoms with van der Waals surface area (Å²) in [4.78, 5) is 34.5. The summed E-state index contributed by atoms with van der Waals surface area (Å²) in [5.41, 5.74) is 0.699. The van der Waals surface area contributed by atoms with E-state index in [9.17, 15) is 14.4 Å². The maximum atomic E-state index is 12.0. The zero-order valence-corrected chi connectivity index (χ0v) is 22.5. The van der Waals surface area contributed by atoms with Crippen LogP contribution in [-0.4, -0.2) is 22.7 Å². The van der Waals surface area contributed by atoms with Crippen LogP contribution in [0.5, 0.6) is 0 Å². The van der Waals surface area contributed by atoms with Crippen molar-refractivity contribution in [2.24, 2.45) is 11.3 Å². The molecule has 0 bridgehead atoms. The molecule has 9 heteroatoms. The number of barbiturate groups is 1. The second-order valence-electron chi connectivity index (χ2n) is 8.28. The summed E-state index contributed by atoms with van der Waals surface area (Å²) in [6.45, 7) is 7.42. The molecule has 0 aliphatic carbocycles. The van der Waals surface area contributed by atoms with E-state index in [-0.39, 0.29) is 18.3 Å². The zero-order chi connectivity index (χ0) is 26.2. The predicted molar refractivity (Wildman–Crippen MR) is 143 cm³/mol. The van der Waals surface area contributed by atoms with Crippen LogP contribution >= 0.6 is 46.4 Å². The molecule has 1 fully saturated rings. The molecule has 2 aromatic rings. The van der Waals surface area contributed by atoms with Gasteiger partial charge in [-0.15, -0.1) is 29.8 Å². The molecular weight excluding hydrogens is 530 g/mol. The second-order valence-corrected chi connectivity index (χ2v) is 10.3. The van der Waals surface area contributed by atoms with Gasteiger partial charge in [0.25, 0.3) is 0 Å². The van der Waals surface area contributed by atoms with Gasteiger partial charge >= 0.3 is 6.03 Å². The first kappa shape index (κ1) is 29.2. The van der Waals surface area contributed by atoms with Crippen LogP contribution in [0.1, 0.15) is 50.2 Å². The predicted octanol–water partition coefficient (Wildman–Crippen LogP) is 7.28. The van der Waals surface area contributed by atoms with Crippen molar-refractivity contribution in [3.05, 3.63) is 82.4 Å². The molecule has 2 N–H and O–H groups in total. The van der Waals surface area contributed by atoms with Crippen molar-refractivity contribution < 1.29 is 14.4 Å². The minimum atomic E-state index is -1.20. The average molecular weight is 558 g/mol. The fraction of sp³-hybridized carbons (Fsp3) is 0.346. The van der Waals surface area contributed by atoms with E-state index in [1.165, 1.54) is 0 Å². The van der Waals surface area contributed by atoms with Gasteiger partial charge in [-0.25, -0.2) is 4.79 Å². The lowest BCUT2D eigenvalue weighted by molar-refractivity contribution is -0.148. The third-order valence-corrected chi connectivity index (χ3v) is 7.12. The number of hydrogen-bond donors (Lipinski definition) is 2. The molecule has 4 amide bonds. The number of urea groups is 1. The summed E-state index contributed by atoms with van der Waals surface area (Å²) < 4.78 is 0. The van der Waals surface area contributed by atoms with E-state index in [1.807, 2.05) is 62.4 Å². The smallest absolute Gasteiger partial charge is 0.277 e. The van der Waals surface area contributed by atoms with Crippen molar-refractivity contribution >= 4 is 64.2 Å². The van der Waals surface area contributed by atoms with Gasteiger partial charge in [-0.2, -0.15) is 0 Å². The van der Waals surface area contributed by atoms with Crippen molar-refractivity contribution in [3.8, 4) is 0 Å². The number of benzene rings is 2. The van der Waals surface area contributed by atoms with E-state index in [4.69, 9.17) is 46.4 Å². The molecule has 0 aromatic heterocycles. The molecule has 2 atom stereocenters. The molecule has 1 heterocycles. The van der Waals surface area contributed by atoms with Gasteiger partial charge in [0.15, 0.2) is 0 Å². The highest BCUT2D eigenvalue weighted by molar-refractivity contribution is 6.45. The van der Waals surface area contributed by atoms with Crippen LogP contribution in [0.25, 0.3) is 0 Å². The molecule has 3 rings (SSSR count). The molecule has 1 aliphatic rings. The lowest BCUT2D eigenvalue weighted by Gasteiger charge is -2.37. The van der Waals surface area contributed by atoms with Crippen LogP contribution in [0.4, 0.5) is 4.79 Å². The van der Waals surface area contributed by atoms with Crippen molar-refractivity contribution in [1.82, 2.24) is 10.6 Å². The Bertz CT molecular complexity index is 1040. The maximum absolute atomic E-state index is 12.0. The molecule has 2 unspecified atom stereocenters. The molecule has 35 heavy (non-hydrogen) atoms. The quantitative estimate of drug-likeness (QED) is 0.203. The summed E-state index contributed by atoms with van der Waals surface area (Å²) in [6, 6.07) is 14.3. The van der Waals surface area contributed by atoms with Gasteiger partial charge in [0.05, 0.1) is 0 Å². The van der Waals surface area contributed by atoms with Gasteiger partial charge < -0.3 is 0 Å². The molecule has 0 radical (unpaired) electrons. The van der Waals surface area contributed by atoms with Gasteiger partial charge in [0.1, 0.15) is 10.3 Å². The molecule has 5 nitrogen and oxygen atoms in total. The van der Waals surface area contributed by atoms with Crippen molar-refractivity contribution in [2.75, 3.05) is 0 Å². The van der Waals surface area contributed by atoms with Crippen LogP contribution in [0.2, 0.25) is 10.0 Å². The Labute approximate surface area is 226 Å². The first-order valence-electron chi connectivity index (χ1n) is 11.1. The van der Waals surface area contributed by atoms with Gasteiger partial charge in [-0.1, -0.05) is 79.9 Å². The van der Waals surface area contributed by atoms with E-state index in [0.29, 0.717) is 10.0 Å². The largest absolute Gasteiger partial charge is 0.328 e. The molecule has 1 aliphatic heterocycles. The molecule has 188 valence electrons. The maximum Gasteiger partial charge on any atom is 0.328 e. The number of halogens is 4. The number of carbonyl (C=O) groups excluding carboxylic acids is 3. The van der Waals surface area contributed by atoms with Crippen LogP contribution in [-0.2, 0) is 9.59 Å². The Kier molecular flexibility index (Phi) is 11.1. The van der Waals surface area contributed by atoms with E-state index in [1.54, 1.807) is 6.08 Å². The van der Waals surface area contributed by atoms with Crippen molar-refractivity contribution in [1.29, 1.82) is 0 Å². The first-order chi connectivity index (χ1) is 16.6. The standard InChI is InChI=1S/C14H10Cl4.C12H18N2O3/c15-10-7-5-9(6-8-10)13(14(17)18)11-3-1-2-4-12(11)16;1-4-6-8(3)12(7-5-2)9(15)13-11(17)14-10(12)16/h1-8,13-14H;5,8H,2,4,6-7H2,1,3H3,(H2,13,14,15,16,17). The summed E-state index contributed by atoms with van der Waals surface area (Å²) >= 11 is 24.3. The first-order valence-corrected chi connectivity index (χ1v) is 12.8. The number of allylic oxidation sites excluding steroid dienone is 1. The van der Waals surface area contributed by atoms with E-state index in [2.05, 4.69) is 17.2 Å². The van der Waals surface area contributed by atoms with Gasteiger partial charge in [0, 0.05) is 16.0 Å². The lowest BCUT2D eigenvalue weighted by Crippen LogP contribution is -2.64. The second kappa shape index (κ2) is 13.3. The average Bonchev–Trinajstić information content (AvgIpc) is 2.79. The number of hydrogen-bond acceptors (Lipinski definition) is 3. The van der Waals surface area contributed by atoms with Crippen LogP contribution in [0.3, 0.4) is 0 Å². The SMILES string of the molecule is C=CCC1(C(C)CCC)C(=O)NC(=O)NC1=O.Clc1ccc(C(c2ccccc2Cl)C(Cl)Cl)cc1. The Morgan fingerprint density at radius 3 is 2.03 bits per heavy atom. The van der Waals surface area contributed by atoms with Gasteiger partial charge in [-0.3, -0.25) is 20.2 Å². The lowest BCUT2D eigenvalue weighted by atomic mass is 9.69. The van der Waals surface area contributed by atoms with Crippen LogP contribution in [0.15, 0.2) is 61.2 Å². The Hall–Kier alpha value is -2.05. The number of carbonyl (C=O) groups is 3. The minimum Gasteiger partial charge on any atom is -0.277 e. The number of nitrogens with one attached hydrogen (secondary N) is 2. The van der Waals surface area contributed by atoms with E-state index < -0.39 is 28.1 Å². The van der Waals surface area contributed by atoms with Gasteiger partial charge in [0.2, 0.25) is 11.8 Å². The molecule has 0 saturated carbocycles. The minimum absolute atomic E-state index is 0.140. The van der Waals surface area contributed by atoms with Crippen LogP contribution < -0.4 is 10.6 Å². The highest BCUT2D eigenvalue weighted by atomic mass is 35.5. The van der Waals surface area contributed by atoms with Crippen molar-refractivity contribution in [3.63, 3.8) is 0 Å². The number of amides is 4. The molecular formula is C26H28Cl4N2O3. The summed E-state index contributed by atoms with van der Waals surface area (Å²) in [6.07, 6.45) is 3.39. The van der Waals surface area contributed by atoms with E-state index >= 15 is 0 Å². The fourth-order valence-corrected chi connectivity index (χ4v) is 5.10. The number of rotatable bonds is 8. The van der Waals surface area contributed by atoms with Crippen LogP contribution in [0, 0.1) is 11.3 Å². The van der Waals surface area contributed by atoms with Crippen molar-refractivity contribution in [2.45, 2.75) is 43.9 Å². The van der Waals surface area contributed by atoms with Gasteiger partial charge in [-0.05, 0) is 48.1 Å². The Balaban J connectivity index is 0.000000247. The zero-order valence-electron chi connectivity index (χ0n) is 19.5. The third-order valence-electron chi connectivity index (χ3n) is 6.02. The van der Waals surface area contributed by atoms with E-state index in [0.717, 1.165) is 24.0 Å². The summed E-state index contributed by atoms with van der Waals surface area (Å²) in [5, 5.41) is 5.67. The Morgan fingerprint density at radius 2 is 1.54 bits per heavy atom.